The lowest BCUT2D eigenvalue weighted by Gasteiger charge is -2.30. The minimum atomic E-state index is -0.286. The largest absolute Gasteiger partial charge is 0.372 e. The van der Waals surface area contributed by atoms with Crippen LogP contribution >= 0.6 is 11.6 Å². The predicted octanol–water partition coefficient (Wildman–Crippen LogP) is 2.10. The van der Waals surface area contributed by atoms with Crippen LogP contribution in [0.15, 0.2) is 30.1 Å². The normalized spacial score (nSPS) is 23.3. The van der Waals surface area contributed by atoms with Gasteiger partial charge >= 0.3 is 0 Å². The third-order valence-corrected chi connectivity index (χ3v) is 4.55. The standard InChI is InChI=1S/C17H20ClN5O3/c18-14-13-15(22-17(19)21-14)23(10-20-13)6-7-24-12-8-25-16(26-9-12)11-4-2-1-3-5-11/h2,4-5,10,12,16H,1,3,6-9H2,(H2,19,21,22). The van der Waals surface area contributed by atoms with E-state index in [-0.39, 0.29) is 23.5 Å². The Bertz CT molecular complexity index is 842. The van der Waals surface area contributed by atoms with Crippen LogP contribution in [0.2, 0.25) is 5.15 Å². The highest BCUT2D eigenvalue weighted by Crippen LogP contribution is 2.21. The summed E-state index contributed by atoms with van der Waals surface area (Å²) in [5.41, 5.74) is 7.87. The van der Waals surface area contributed by atoms with Crippen molar-refractivity contribution in [1.29, 1.82) is 0 Å². The van der Waals surface area contributed by atoms with Crippen LogP contribution in [0.5, 0.6) is 0 Å². The lowest BCUT2D eigenvalue weighted by atomic mass is 10.1. The first kappa shape index (κ1) is 17.4. The molecule has 1 fully saturated rings. The number of rotatable bonds is 5. The van der Waals surface area contributed by atoms with E-state index in [1.807, 2.05) is 4.57 Å². The van der Waals surface area contributed by atoms with Crippen molar-refractivity contribution in [3.05, 3.63) is 35.3 Å². The minimum Gasteiger partial charge on any atom is -0.372 e. The molecule has 0 bridgehead atoms. The molecule has 0 saturated carbocycles. The molecule has 2 N–H and O–H groups in total. The number of halogens is 1. The number of nitrogen functional groups attached to an aromatic ring is 1. The quantitative estimate of drug-likeness (QED) is 0.797. The molecule has 0 radical (unpaired) electrons. The third kappa shape index (κ3) is 3.73. The van der Waals surface area contributed by atoms with Crippen LogP contribution in [-0.2, 0) is 20.8 Å². The molecule has 8 nitrogen and oxygen atoms in total. The average molecular weight is 378 g/mol. The van der Waals surface area contributed by atoms with Crippen LogP contribution in [0, 0.1) is 0 Å². The molecule has 138 valence electrons. The van der Waals surface area contributed by atoms with Gasteiger partial charge in [0.25, 0.3) is 0 Å². The molecule has 1 saturated heterocycles. The molecule has 0 spiro atoms. The molecular weight excluding hydrogens is 358 g/mol. The lowest BCUT2D eigenvalue weighted by molar-refractivity contribution is -0.208. The van der Waals surface area contributed by atoms with E-state index >= 15 is 0 Å². The minimum absolute atomic E-state index is 0.0995. The number of fused-ring (bicyclic) bond motifs is 1. The fourth-order valence-electron chi connectivity index (χ4n) is 2.99. The van der Waals surface area contributed by atoms with E-state index in [4.69, 9.17) is 31.5 Å². The second-order valence-corrected chi connectivity index (χ2v) is 6.52. The molecule has 2 aromatic rings. The first-order chi connectivity index (χ1) is 12.7. The number of hydrogen-bond donors (Lipinski definition) is 1. The number of anilines is 1. The highest BCUT2D eigenvalue weighted by Gasteiger charge is 2.25. The number of ether oxygens (including phenoxy) is 3. The van der Waals surface area contributed by atoms with Gasteiger partial charge in [0.2, 0.25) is 5.95 Å². The number of hydrogen-bond acceptors (Lipinski definition) is 7. The van der Waals surface area contributed by atoms with E-state index in [1.54, 1.807) is 6.33 Å². The van der Waals surface area contributed by atoms with E-state index in [2.05, 4.69) is 33.2 Å². The van der Waals surface area contributed by atoms with E-state index < -0.39 is 0 Å². The summed E-state index contributed by atoms with van der Waals surface area (Å²) in [6.45, 7) is 2.04. The summed E-state index contributed by atoms with van der Waals surface area (Å²) in [6, 6.07) is 0. The molecule has 0 amide bonds. The van der Waals surface area contributed by atoms with Gasteiger partial charge in [-0.1, -0.05) is 29.8 Å². The van der Waals surface area contributed by atoms with Crippen LogP contribution in [0.1, 0.15) is 12.8 Å². The predicted molar refractivity (Wildman–Crippen MR) is 96.6 cm³/mol. The van der Waals surface area contributed by atoms with Crippen LogP contribution in [0.25, 0.3) is 11.2 Å². The molecule has 1 aliphatic carbocycles. The van der Waals surface area contributed by atoms with Gasteiger partial charge in [0, 0.05) is 12.1 Å². The Balaban J connectivity index is 1.28. The molecule has 0 atom stereocenters. The number of nitrogens with zero attached hydrogens (tertiary/aromatic N) is 4. The highest BCUT2D eigenvalue weighted by atomic mass is 35.5. The van der Waals surface area contributed by atoms with E-state index in [0.717, 1.165) is 18.4 Å². The number of aromatic nitrogens is 4. The Morgan fingerprint density at radius 2 is 2.12 bits per heavy atom. The summed E-state index contributed by atoms with van der Waals surface area (Å²) in [6.07, 6.45) is 9.75. The summed E-state index contributed by atoms with van der Waals surface area (Å²) >= 11 is 6.03. The maximum Gasteiger partial charge on any atom is 0.223 e. The zero-order chi connectivity index (χ0) is 17.9. The Labute approximate surface area is 155 Å². The second kappa shape index (κ2) is 7.71. The maximum atomic E-state index is 6.03. The zero-order valence-electron chi connectivity index (χ0n) is 14.2. The Morgan fingerprint density at radius 1 is 1.27 bits per heavy atom. The van der Waals surface area contributed by atoms with Crippen molar-refractivity contribution in [3.63, 3.8) is 0 Å². The summed E-state index contributed by atoms with van der Waals surface area (Å²) in [5, 5.41) is 0.248. The first-order valence-corrected chi connectivity index (χ1v) is 8.94. The van der Waals surface area contributed by atoms with Gasteiger partial charge in [0.1, 0.15) is 11.6 Å². The molecule has 1 aliphatic heterocycles. The molecule has 2 aliphatic rings. The van der Waals surface area contributed by atoms with Crippen molar-refractivity contribution >= 4 is 28.7 Å². The van der Waals surface area contributed by atoms with Gasteiger partial charge in [-0.15, -0.1) is 0 Å². The average Bonchev–Trinajstić information content (AvgIpc) is 3.06. The van der Waals surface area contributed by atoms with E-state index in [9.17, 15) is 0 Å². The van der Waals surface area contributed by atoms with Crippen LogP contribution in [0.3, 0.4) is 0 Å². The highest BCUT2D eigenvalue weighted by molar-refractivity contribution is 6.33. The topological polar surface area (TPSA) is 97.3 Å². The zero-order valence-corrected chi connectivity index (χ0v) is 14.9. The Morgan fingerprint density at radius 3 is 2.88 bits per heavy atom. The Hall–Kier alpha value is -2.00. The van der Waals surface area contributed by atoms with Crippen LogP contribution in [0.4, 0.5) is 5.95 Å². The van der Waals surface area contributed by atoms with Gasteiger partial charge in [-0.3, -0.25) is 0 Å². The van der Waals surface area contributed by atoms with Crippen molar-refractivity contribution in [1.82, 2.24) is 19.5 Å². The third-order valence-electron chi connectivity index (χ3n) is 4.29. The molecule has 2 aromatic heterocycles. The van der Waals surface area contributed by atoms with Gasteiger partial charge in [-0.05, 0) is 12.8 Å². The van der Waals surface area contributed by atoms with Crippen LogP contribution < -0.4 is 5.73 Å². The summed E-state index contributed by atoms with van der Waals surface area (Å²) in [7, 11) is 0. The second-order valence-electron chi connectivity index (χ2n) is 6.16. The van der Waals surface area contributed by atoms with Gasteiger partial charge in [-0.2, -0.15) is 9.97 Å². The van der Waals surface area contributed by atoms with Gasteiger partial charge in [-0.25, -0.2) is 4.98 Å². The lowest BCUT2D eigenvalue weighted by Crippen LogP contribution is -2.38. The molecule has 26 heavy (non-hydrogen) atoms. The van der Waals surface area contributed by atoms with Crippen LogP contribution in [-0.4, -0.2) is 51.7 Å². The molecular formula is C17H20ClN5O3. The van der Waals surface area contributed by atoms with Crippen molar-refractivity contribution in [2.75, 3.05) is 25.6 Å². The summed E-state index contributed by atoms with van der Waals surface area (Å²) < 4.78 is 19.3. The monoisotopic (exact) mass is 377 g/mol. The molecule has 9 heteroatoms. The van der Waals surface area contributed by atoms with Crippen molar-refractivity contribution in [2.24, 2.45) is 0 Å². The number of nitrogens with two attached hydrogens (primary N) is 1. The van der Waals surface area contributed by atoms with Gasteiger partial charge < -0.3 is 24.5 Å². The van der Waals surface area contributed by atoms with Crippen molar-refractivity contribution < 1.29 is 14.2 Å². The van der Waals surface area contributed by atoms with E-state index in [1.165, 1.54) is 0 Å². The van der Waals surface area contributed by atoms with Gasteiger partial charge in [0.15, 0.2) is 17.1 Å². The Kier molecular flexibility index (Phi) is 5.16. The molecule has 0 aromatic carbocycles. The van der Waals surface area contributed by atoms with Gasteiger partial charge in [0.05, 0.1) is 26.1 Å². The first-order valence-electron chi connectivity index (χ1n) is 8.56. The number of allylic oxidation sites excluding steroid dienone is 2. The van der Waals surface area contributed by atoms with Crippen molar-refractivity contribution in [2.45, 2.75) is 31.8 Å². The SMILES string of the molecule is Nc1nc(Cl)c2ncn(CCOC3COC(C4=CCCC=C4)OC3)c2n1. The number of imidazole rings is 1. The summed E-state index contributed by atoms with van der Waals surface area (Å²) in [4.78, 5) is 12.3. The fraction of sp³-hybridized carbons (Fsp3) is 0.471. The molecule has 4 rings (SSSR count). The smallest absolute Gasteiger partial charge is 0.223 e. The summed E-state index contributed by atoms with van der Waals surface area (Å²) in [5.74, 6) is 0.122. The van der Waals surface area contributed by atoms with E-state index in [0.29, 0.717) is 37.5 Å². The maximum absolute atomic E-state index is 6.03. The molecule has 3 heterocycles. The fourth-order valence-corrected chi connectivity index (χ4v) is 3.21. The van der Waals surface area contributed by atoms with Crippen molar-refractivity contribution in [3.8, 4) is 0 Å². The molecule has 0 unspecified atom stereocenters.